The topological polar surface area (TPSA) is 21.3 Å². The molecule has 70 valence electrons. The predicted molar refractivity (Wildman–Crippen MR) is 56.4 cm³/mol. The highest BCUT2D eigenvalue weighted by Gasteiger charge is 2.18. The summed E-state index contributed by atoms with van der Waals surface area (Å²) in [6, 6.07) is 5.60. The van der Waals surface area contributed by atoms with Gasteiger partial charge in [-0.25, -0.2) is 0 Å². The molecule has 0 unspecified atom stereocenters. The summed E-state index contributed by atoms with van der Waals surface area (Å²) in [5.74, 6) is 0.864. The fraction of sp³-hybridized carbons (Fsp3) is 0.333. The van der Waals surface area contributed by atoms with E-state index in [0.29, 0.717) is 11.1 Å². The molecule has 1 fully saturated rings. The maximum absolute atomic E-state index is 5.85. The standard InChI is InChI=1S/C9H9BrClNO/c10-8-3-6(1-2-9(8)11)13-7-4-12-5-7/h1-3,7,12H,4-5H2. The van der Waals surface area contributed by atoms with Gasteiger partial charge in [0.1, 0.15) is 11.9 Å². The summed E-state index contributed by atoms with van der Waals surface area (Å²) in [6.45, 7) is 1.86. The van der Waals surface area contributed by atoms with Crippen LogP contribution in [0.4, 0.5) is 0 Å². The van der Waals surface area contributed by atoms with Gasteiger partial charge in [0.15, 0.2) is 0 Å². The van der Waals surface area contributed by atoms with Crippen LogP contribution in [0.15, 0.2) is 22.7 Å². The summed E-state index contributed by atoms with van der Waals surface area (Å²) in [4.78, 5) is 0. The van der Waals surface area contributed by atoms with Gasteiger partial charge in [-0.05, 0) is 34.1 Å². The number of rotatable bonds is 2. The minimum atomic E-state index is 0.313. The van der Waals surface area contributed by atoms with E-state index < -0.39 is 0 Å². The van der Waals surface area contributed by atoms with E-state index in [4.69, 9.17) is 16.3 Å². The quantitative estimate of drug-likeness (QED) is 0.884. The average molecular weight is 263 g/mol. The molecule has 2 nitrogen and oxygen atoms in total. The minimum absolute atomic E-state index is 0.313. The second-order valence-corrected chi connectivity index (χ2v) is 4.24. The van der Waals surface area contributed by atoms with Crippen LogP contribution in [0.25, 0.3) is 0 Å². The highest BCUT2D eigenvalue weighted by atomic mass is 79.9. The monoisotopic (exact) mass is 261 g/mol. The van der Waals surface area contributed by atoms with Gasteiger partial charge in [-0.1, -0.05) is 11.6 Å². The van der Waals surface area contributed by atoms with E-state index in [1.165, 1.54) is 0 Å². The van der Waals surface area contributed by atoms with Crippen LogP contribution in [0.2, 0.25) is 5.02 Å². The number of ether oxygens (including phenoxy) is 1. The highest BCUT2D eigenvalue weighted by Crippen LogP contribution is 2.27. The van der Waals surface area contributed by atoms with E-state index >= 15 is 0 Å². The van der Waals surface area contributed by atoms with Crippen molar-refractivity contribution in [1.82, 2.24) is 5.32 Å². The lowest BCUT2D eigenvalue weighted by atomic mass is 10.2. The van der Waals surface area contributed by atoms with Gasteiger partial charge < -0.3 is 10.1 Å². The molecule has 2 rings (SSSR count). The lowest BCUT2D eigenvalue weighted by molar-refractivity contribution is 0.142. The van der Waals surface area contributed by atoms with E-state index in [-0.39, 0.29) is 0 Å². The smallest absolute Gasteiger partial charge is 0.123 e. The Labute approximate surface area is 90.4 Å². The Hall–Kier alpha value is -0.250. The number of nitrogens with one attached hydrogen (secondary N) is 1. The first kappa shape index (κ1) is 9.31. The Balaban J connectivity index is 2.07. The summed E-state index contributed by atoms with van der Waals surface area (Å²) < 4.78 is 6.51. The Morgan fingerprint density at radius 2 is 2.23 bits per heavy atom. The fourth-order valence-electron chi connectivity index (χ4n) is 1.09. The zero-order valence-corrected chi connectivity index (χ0v) is 9.23. The molecular weight excluding hydrogens is 253 g/mol. The van der Waals surface area contributed by atoms with Gasteiger partial charge >= 0.3 is 0 Å². The normalized spacial score (nSPS) is 16.8. The molecule has 0 atom stereocenters. The van der Waals surface area contributed by atoms with Gasteiger partial charge in [0.05, 0.1) is 5.02 Å². The van der Waals surface area contributed by atoms with E-state index in [9.17, 15) is 0 Å². The van der Waals surface area contributed by atoms with Crippen molar-refractivity contribution < 1.29 is 4.74 Å². The van der Waals surface area contributed by atoms with Gasteiger partial charge in [-0.15, -0.1) is 0 Å². The SMILES string of the molecule is Clc1ccc(OC2CNC2)cc1Br. The molecule has 1 heterocycles. The first-order valence-corrected chi connectivity index (χ1v) is 5.25. The lowest BCUT2D eigenvalue weighted by Crippen LogP contribution is -2.50. The first-order chi connectivity index (χ1) is 6.25. The summed E-state index contributed by atoms with van der Waals surface area (Å²) in [5, 5.41) is 3.85. The predicted octanol–water partition coefficient (Wildman–Crippen LogP) is 2.45. The fourth-order valence-corrected chi connectivity index (χ4v) is 1.56. The second-order valence-electron chi connectivity index (χ2n) is 2.97. The van der Waals surface area contributed by atoms with Gasteiger partial charge in [-0.3, -0.25) is 0 Å². The number of hydrogen-bond donors (Lipinski definition) is 1. The zero-order valence-electron chi connectivity index (χ0n) is 6.89. The molecule has 0 aliphatic carbocycles. The first-order valence-electron chi connectivity index (χ1n) is 4.08. The Kier molecular flexibility index (Phi) is 2.77. The van der Waals surface area contributed by atoms with Crippen LogP contribution in [0.3, 0.4) is 0 Å². The molecule has 1 aliphatic heterocycles. The van der Waals surface area contributed by atoms with Gasteiger partial charge in [0.2, 0.25) is 0 Å². The van der Waals surface area contributed by atoms with Crippen molar-refractivity contribution in [2.24, 2.45) is 0 Å². The Morgan fingerprint density at radius 1 is 1.46 bits per heavy atom. The third-order valence-electron chi connectivity index (χ3n) is 1.94. The average Bonchev–Trinajstić information content (AvgIpc) is 2.04. The van der Waals surface area contributed by atoms with E-state index in [2.05, 4.69) is 21.2 Å². The molecule has 1 saturated heterocycles. The molecular formula is C9H9BrClNO. The summed E-state index contributed by atoms with van der Waals surface area (Å²) in [7, 11) is 0. The minimum Gasteiger partial charge on any atom is -0.488 e. The van der Waals surface area contributed by atoms with Crippen LogP contribution in [-0.2, 0) is 0 Å². The summed E-state index contributed by atoms with van der Waals surface area (Å²) >= 11 is 9.20. The van der Waals surface area contributed by atoms with E-state index in [1.54, 1.807) is 0 Å². The number of hydrogen-bond acceptors (Lipinski definition) is 2. The van der Waals surface area contributed by atoms with Crippen molar-refractivity contribution in [1.29, 1.82) is 0 Å². The van der Waals surface area contributed by atoms with Crippen molar-refractivity contribution in [3.8, 4) is 5.75 Å². The molecule has 1 N–H and O–H groups in total. The maximum atomic E-state index is 5.85. The van der Waals surface area contributed by atoms with Crippen LogP contribution >= 0.6 is 27.5 Å². The van der Waals surface area contributed by atoms with Crippen molar-refractivity contribution in [2.45, 2.75) is 6.10 Å². The molecule has 0 aromatic heterocycles. The van der Waals surface area contributed by atoms with Crippen molar-refractivity contribution in [3.05, 3.63) is 27.7 Å². The summed E-state index contributed by atoms with van der Waals surface area (Å²) in [5.41, 5.74) is 0. The van der Waals surface area contributed by atoms with E-state index in [1.807, 2.05) is 18.2 Å². The van der Waals surface area contributed by atoms with Crippen LogP contribution in [0, 0.1) is 0 Å². The third-order valence-corrected chi connectivity index (χ3v) is 3.15. The van der Waals surface area contributed by atoms with Gasteiger partial charge in [0, 0.05) is 17.6 Å². The Morgan fingerprint density at radius 3 is 2.77 bits per heavy atom. The largest absolute Gasteiger partial charge is 0.488 e. The molecule has 4 heteroatoms. The molecule has 13 heavy (non-hydrogen) atoms. The molecule has 0 saturated carbocycles. The molecule has 0 amide bonds. The van der Waals surface area contributed by atoms with Crippen LogP contribution < -0.4 is 10.1 Å². The number of halogens is 2. The van der Waals surface area contributed by atoms with Crippen LogP contribution in [0.5, 0.6) is 5.75 Å². The third kappa shape index (κ3) is 2.16. The molecule has 1 aliphatic rings. The number of benzene rings is 1. The molecule has 0 bridgehead atoms. The summed E-state index contributed by atoms with van der Waals surface area (Å²) in [6.07, 6.45) is 0.313. The van der Waals surface area contributed by atoms with Gasteiger partial charge in [-0.2, -0.15) is 0 Å². The Bertz CT molecular complexity index is 314. The van der Waals surface area contributed by atoms with Crippen molar-refractivity contribution in [3.63, 3.8) is 0 Å². The van der Waals surface area contributed by atoms with Gasteiger partial charge in [0.25, 0.3) is 0 Å². The van der Waals surface area contributed by atoms with Crippen molar-refractivity contribution >= 4 is 27.5 Å². The molecule has 0 spiro atoms. The maximum Gasteiger partial charge on any atom is 0.123 e. The highest BCUT2D eigenvalue weighted by molar-refractivity contribution is 9.10. The van der Waals surface area contributed by atoms with E-state index in [0.717, 1.165) is 23.3 Å². The lowest BCUT2D eigenvalue weighted by Gasteiger charge is -2.27. The van der Waals surface area contributed by atoms with Crippen molar-refractivity contribution in [2.75, 3.05) is 13.1 Å². The zero-order chi connectivity index (χ0) is 9.26. The van der Waals surface area contributed by atoms with Crippen LogP contribution in [-0.4, -0.2) is 19.2 Å². The second kappa shape index (κ2) is 3.86. The molecule has 1 aromatic carbocycles. The van der Waals surface area contributed by atoms with Crippen LogP contribution in [0.1, 0.15) is 0 Å². The molecule has 1 aromatic rings. The molecule has 0 radical (unpaired) electrons.